The van der Waals surface area contributed by atoms with Crippen molar-refractivity contribution in [1.29, 1.82) is 0 Å². The van der Waals surface area contributed by atoms with E-state index in [0.717, 1.165) is 38.5 Å². The van der Waals surface area contributed by atoms with E-state index in [9.17, 15) is 5.11 Å². The molecular formula is C14H28N2O. The van der Waals surface area contributed by atoms with E-state index in [2.05, 4.69) is 17.1 Å². The molecule has 0 amide bonds. The van der Waals surface area contributed by atoms with Gasteiger partial charge in [-0.05, 0) is 31.8 Å². The van der Waals surface area contributed by atoms with Crippen LogP contribution in [0.15, 0.2) is 0 Å². The molecule has 2 unspecified atom stereocenters. The van der Waals surface area contributed by atoms with Gasteiger partial charge < -0.3 is 10.4 Å². The van der Waals surface area contributed by atoms with E-state index in [1.807, 2.05) is 0 Å². The molecule has 1 saturated carbocycles. The molecule has 0 bridgehead atoms. The summed E-state index contributed by atoms with van der Waals surface area (Å²) < 4.78 is 0. The zero-order valence-corrected chi connectivity index (χ0v) is 11.2. The number of nitrogens with zero attached hydrogens (tertiary/aromatic N) is 1. The maximum absolute atomic E-state index is 10.2. The molecule has 2 atom stereocenters. The van der Waals surface area contributed by atoms with E-state index >= 15 is 0 Å². The number of likely N-dealkylation sites (N-methyl/N-ethyl adjacent to an activating group) is 1. The Morgan fingerprint density at radius 2 is 2.06 bits per heavy atom. The minimum Gasteiger partial charge on any atom is -0.392 e. The summed E-state index contributed by atoms with van der Waals surface area (Å²) in [6.07, 6.45) is 7.59. The highest BCUT2D eigenvalue weighted by atomic mass is 16.3. The molecule has 1 aliphatic carbocycles. The molecule has 2 fully saturated rings. The van der Waals surface area contributed by atoms with Crippen molar-refractivity contribution in [2.45, 2.75) is 57.6 Å². The maximum Gasteiger partial charge on any atom is 0.0669 e. The van der Waals surface area contributed by atoms with Crippen LogP contribution < -0.4 is 5.32 Å². The number of rotatable bonds is 6. The van der Waals surface area contributed by atoms with Gasteiger partial charge in [0.25, 0.3) is 0 Å². The standard InChI is InChI=1S/C14H28N2O/c1-2-16(13-7-8-15-10-13)11-14(17)9-12-5-3-4-6-12/h12-15,17H,2-11H2,1H3. The highest BCUT2D eigenvalue weighted by Crippen LogP contribution is 2.28. The average Bonchev–Trinajstić information content (AvgIpc) is 2.97. The molecule has 3 nitrogen and oxygen atoms in total. The summed E-state index contributed by atoms with van der Waals surface area (Å²) in [7, 11) is 0. The van der Waals surface area contributed by atoms with Gasteiger partial charge in [0.1, 0.15) is 0 Å². The van der Waals surface area contributed by atoms with Gasteiger partial charge in [0, 0.05) is 19.1 Å². The molecule has 17 heavy (non-hydrogen) atoms. The van der Waals surface area contributed by atoms with E-state index in [0.29, 0.717) is 6.04 Å². The lowest BCUT2D eigenvalue weighted by atomic mass is 9.99. The molecule has 0 spiro atoms. The summed E-state index contributed by atoms with van der Waals surface area (Å²) in [4.78, 5) is 2.46. The third-order valence-corrected chi connectivity index (χ3v) is 4.48. The van der Waals surface area contributed by atoms with E-state index in [1.54, 1.807) is 0 Å². The second-order valence-electron chi connectivity index (χ2n) is 5.77. The van der Waals surface area contributed by atoms with Gasteiger partial charge in [0.05, 0.1) is 6.10 Å². The lowest BCUT2D eigenvalue weighted by Gasteiger charge is -2.29. The molecule has 0 radical (unpaired) electrons. The molecule has 1 saturated heterocycles. The van der Waals surface area contributed by atoms with Gasteiger partial charge in [-0.3, -0.25) is 4.90 Å². The summed E-state index contributed by atoms with van der Waals surface area (Å²) in [5.74, 6) is 0.797. The van der Waals surface area contributed by atoms with E-state index < -0.39 is 0 Å². The number of aliphatic hydroxyl groups is 1. The molecule has 1 heterocycles. The number of aliphatic hydroxyl groups excluding tert-OH is 1. The van der Waals surface area contributed by atoms with Crippen molar-refractivity contribution >= 4 is 0 Å². The van der Waals surface area contributed by atoms with Gasteiger partial charge in [-0.25, -0.2) is 0 Å². The van der Waals surface area contributed by atoms with Crippen molar-refractivity contribution in [3.05, 3.63) is 0 Å². The fraction of sp³-hybridized carbons (Fsp3) is 1.00. The molecule has 100 valence electrons. The van der Waals surface area contributed by atoms with E-state index in [4.69, 9.17) is 0 Å². The number of hydrogen-bond donors (Lipinski definition) is 2. The minimum absolute atomic E-state index is 0.112. The summed E-state index contributed by atoms with van der Waals surface area (Å²) in [6.45, 7) is 6.39. The Labute approximate surface area is 106 Å². The van der Waals surface area contributed by atoms with Crippen molar-refractivity contribution in [2.75, 3.05) is 26.2 Å². The zero-order chi connectivity index (χ0) is 12.1. The molecular weight excluding hydrogens is 212 g/mol. The van der Waals surface area contributed by atoms with Crippen molar-refractivity contribution in [3.8, 4) is 0 Å². The second-order valence-corrected chi connectivity index (χ2v) is 5.77. The molecule has 0 aromatic carbocycles. The van der Waals surface area contributed by atoms with Crippen LogP contribution in [0.2, 0.25) is 0 Å². The van der Waals surface area contributed by atoms with Crippen LogP contribution in [-0.2, 0) is 0 Å². The van der Waals surface area contributed by atoms with Crippen LogP contribution in [0.25, 0.3) is 0 Å². The molecule has 3 heteroatoms. The first kappa shape index (κ1) is 13.3. The van der Waals surface area contributed by atoms with Crippen LogP contribution in [-0.4, -0.2) is 48.3 Å². The first-order valence-electron chi connectivity index (χ1n) is 7.42. The van der Waals surface area contributed by atoms with Crippen molar-refractivity contribution < 1.29 is 5.11 Å². The summed E-state index contributed by atoms with van der Waals surface area (Å²) in [5.41, 5.74) is 0. The Hall–Kier alpha value is -0.120. The van der Waals surface area contributed by atoms with Crippen LogP contribution in [0.3, 0.4) is 0 Å². The third-order valence-electron chi connectivity index (χ3n) is 4.48. The van der Waals surface area contributed by atoms with Gasteiger partial charge >= 0.3 is 0 Å². The van der Waals surface area contributed by atoms with Crippen LogP contribution in [0.1, 0.15) is 45.4 Å². The highest BCUT2D eigenvalue weighted by molar-refractivity contribution is 4.82. The van der Waals surface area contributed by atoms with Crippen LogP contribution in [0.5, 0.6) is 0 Å². The average molecular weight is 240 g/mol. The van der Waals surface area contributed by atoms with Crippen LogP contribution in [0.4, 0.5) is 0 Å². The quantitative estimate of drug-likeness (QED) is 0.740. The summed E-state index contributed by atoms with van der Waals surface area (Å²) >= 11 is 0. The maximum atomic E-state index is 10.2. The Bertz CT molecular complexity index is 210. The Morgan fingerprint density at radius 3 is 2.65 bits per heavy atom. The lowest BCUT2D eigenvalue weighted by Crippen LogP contribution is -2.41. The summed E-state index contributed by atoms with van der Waals surface area (Å²) in [6, 6.07) is 0.651. The SMILES string of the molecule is CCN(CC(O)CC1CCCC1)C1CCNC1. The van der Waals surface area contributed by atoms with Gasteiger partial charge in [0.15, 0.2) is 0 Å². The minimum atomic E-state index is -0.112. The van der Waals surface area contributed by atoms with Crippen molar-refractivity contribution in [3.63, 3.8) is 0 Å². The first-order chi connectivity index (χ1) is 8.29. The predicted octanol–water partition coefficient (Wildman–Crippen LogP) is 1.61. The van der Waals surface area contributed by atoms with E-state index in [-0.39, 0.29) is 6.10 Å². The van der Waals surface area contributed by atoms with Gasteiger partial charge in [-0.1, -0.05) is 32.6 Å². The molecule has 2 aliphatic rings. The predicted molar refractivity (Wildman–Crippen MR) is 71.1 cm³/mol. The fourth-order valence-corrected chi connectivity index (χ4v) is 3.46. The normalized spacial score (nSPS) is 28.1. The molecule has 0 aromatic rings. The van der Waals surface area contributed by atoms with Gasteiger partial charge in [0.2, 0.25) is 0 Å². The second kappa shape index (κ2) is 6.72. The van der Waals surface area contributed by atoms with Crippen molar-refractivity contribution in [2.24, 2.45) is 5.92 Å². The molecule has 0 aromatic heterocycles. The Morgan fingerprint density at radius 1 is 1.29 bits per heavy atom. The third kappa shape index (κ3) is 3.94. The fourth-order valence-electron chi connectivity index (χ4n) is 3.46. The molecule has 2 N–H and O–H groups in total. The first-order valence-corrected chi connectivity index (χ1v) is 7.42. The molecule has 1 aliphatic heterocycles. The highest BCUT2D eigenvalue weighted by Gasteiger charge is 2.25. The topological polar surface area (TPSA) is 35.5 Å². The lowest BCUT2D eigenvalue weighted by molar-refractivity contribution is 0.0767. The van der Waals surface area contributed by atoms with Gasteiger partial charge in [-0.15, -0.1) is 0 Å². The number of nitrogens with one attached hydrogen (secondary N) is 1. The van der Waals surface area contributed by atoms with Gasteiger partial charge in [-0.2, -0.15) is 0 Å². The Balaban J connectivity index is 1.72. The zero-order valence-electron chi connectivity index (χ0n) is 11.2. The summed E-state index contributed by atoms with van der Waals surface area (Å²) in [5, 5.41) is 13.6. The number of hydrogen-bond acceptors (Lipinski definition) is 3. The Kier molecular flexibility index (Phi) is 5.26. The molecule has 2 rings (SSSR count). The van der Waals surface area contributed by atoms with Crippen LogP contribution in [0, 0.1) is 5.92 Å². The van der Waals surface area contributed by atoms with Crippen molar-refractivity contribution in [1.82, 2.24) is 10.2 Å². The van der Waals surface area contributed by atoms with Crippen LogP contribution >= 0.6 is 0 Å². The monoisotopic (exact) mass is 240 g/mol. The van der Waals surface area contributed by atoms with E-state index in [1.165, 1.54) is 32.1 Å². The largest absolute Gasteiger partial charge is 0.392 e. The smallest absolute Gasteiger partial charge is 0.0669 e.